The molecule has 1 amide bonds. The molecule has 0 bridgehead atoms. The van der Waals surface area contributed by atoms with Gasteiger partial charge in [-0.15, -0.1) is 0 Å². The summed E-state index contributed by atoms with van der Waals surface area (Å²) in [6.07, 6.45) is 3.82. The van der Waals surface area contributed by atoms with E-state index in [2.05, 4.69) is 40.5 Å². The maximum atomic E-state index is 11.9. The molecule has 26 heavy (non-hydrogen) atoms. The van der Waals surface area contributed by atoms with Gasteiger partial charge in [0.1, 0.15) is 0 Å². The molecule has 2 fully saturated rings. The number of rotatable bonds is 5. The lowest BCUT2D eigenvalue weighted by Gasteiger charge is -2.50. The van der Waals surface area contributed by atoms with Crippen LogP contribution in [0.4, 0.5) is 0 Å². The van der Waals surface area contributed by atoms with E-state index in [0.717, 1.165) is 52.0 Å². The van der Waals surface area contributed by atoms with Crippen molar-refractivity contribution in [2.45, 2.75) is 44.2 Å². The zero-order valence-electron chi connectivity index (χ0n) is 15.4. The molecule has 0 unspecified atom stereocenters. The average molecular weight is 360 g/mol. The first kappa shape index (κ1) is 18.9. The van der Waals surface area contributed by atoms with Crippen LogP contribution < -0.4 is 5.32 Å². The summed E-state index contributed by atoms with van der Waals surface area (Å²) in [5.74, 6) is -0.650. The fourth-order valence-electron chi connectivity index (χ4n) is 4.20. The largest absolute Gasteiger partial charge is 0.456 e. The fourth-order valence-corrected chi connectivity index (χ4v) is 4.20. The first-order valence-corrected chi connectivity index (χ1v) is 9.41. The van der Waals surface area contributed by atoms with Crippen LogP contribution in [0, 0.1) is 0 Å². The van der Waals surface area contributed by atoms with Crippen LogP contribution >= 0.6 is 0 Å². The summed E-state index contributed by atoms with van der Waals surface area (Å²) in [6, 6.07) is 10.8. The second-order valence-electron chi connectivity index (χ2n) is 7.12. The summed E-state index contributed by atoms with van der Waals surface area (Å²) < 4.78 is 10.3. The molecule has 1 saturated carbocycles. The van der Waals surface area contributed by atoms with Crippen molar-refractivity contribution in [1.82, 2.24) is 10.2 Å². The molecule has 1 aliphatic carbocycles. The number of amides is 1. The standard InChI is InChI=1S/C20H28N2O4/c1-16(23)26-15-19(24)21-18-7-9-20(10-8-18,17-5-3-2-4-6-17)22-11-13-25-14-12-22/h2-6,18H,7-15H2,1H3,(H,21,24). The zero-order chi connectivity index (χ0) is 18.4. The Labute approximate surface area is 154 Å². The molecule has 3 rings (SSSR count). The molecular formula is C20H28N2O4. The monoisotopic (exact) mass is 360 g/mol. The molecule has 1 N–H and O–H groups in total. The Hall–Kier alpha value is -1.92. The maximum absolute atomic E-state index is 11.9. The van der Waals surface area contributed by atoms with Gasteiger partial charge in [-0.3, -0.25) is 14.5 Å². The molecule has 6 heteroatoms. The third-order valence-electron chi connectivity index (χ3n) is 5.51. The third-order valence-corrected chi connectivity index (χ3v) is 5.51. The van der Waals surface area contributed by atoms with E-state index in [-0.39, 0.29) is 24.1 Å². The quantitative estimate of drug-likeness (QED) is 0.812. The molecule has 1 heterocycles. The van der Waals surface area contributed by atoms with Crippen molar-refractivity contribution in [1.29, 1.82) is 0 Å². The molecule has 142 valence electrons. The summed E-state index contributed by atoms with van der Waals surface area (Å²) in [5, 5.41) is 3.01. The minimum absolute atomic E-state index is 0.0160. The van der Waals surface area contributed by atoms with Crippen LogP contribution in [0.3, 0.4) is 0 Å². The Morgan fingerprint density at radius 1 is 1.19 bits per heavy atom. The summed E-state index contributed by atoms with van der Waals surface area (Å²) in [6.45, 7) is 4.55. The predicted molar refractivity (Wildman–Crippen MR) is 97.5 cm³/mol. The van der Waals surface area contributed by atoms with Gasteiger partial charge in [0.15, 0.2) is 6.61 Å². The van der Waals surface area contributed by atoms with Crippen molar-refractivity contribution >= 4 is 11.9 Å². The van der Waals surface area contributed by atoms with Crippen LogP contribution in [-0.4, -0.2) is 55.7 Å². The molecule has 6 nitrogen and oxygen atoms in total. The Bertz CT molecular complexity index is 605. The highest BCUT2D eigenvalue weighted by molar-refractivity contribution is 5.80. The maximum Gasteiger partial charge on any atom is 0.303 e. The number of benzene rings is 1. The lowest BCUT2D eigenvalue weighted by Crippen LogP contribution is -2.55. The molecule has 1 aromatic carbocycles. The molecule has 0 atom stereocenters. The average Bonchev–Trinajstić information content (AvgIpc) is 2.68. The smallest absolute Gasteiger partial charge is 0.303 e. The minimum atomic E-state index is -0.431. The normalized spacial score (nSPS) is 26.9. The van der Waals surface area contributed by atoms with E-state index in [9.17, 15) is 9.59 Å². The van der Waals surface area contributed by atoms with Crippen LogP contribution in [0.15, 0.2) is 30.3 Å². The SMILES string of the molecule is CC(=O)OCC(=O)NC1CCC(c2ccccc2)(N2CCOCC2)CC1. The van der Waals surface area contributed by atoms with Gasteiger partial charge in [0.25, 0.3) is 5.91 Å². The van der Waals surface area contributed by atoms with Gasteiger partial charge in [-0.25, -0.2) is 0 Å². The molecule has 0 aromatic heterocycles. The number of ether oxygens (including phenoxy) is 2. The molecule has 1 aliphatic heterocycles. The molecule has 0 radical (unpaired) electrons. The van der Waals surface area contributed by atoms with Gasteiger partial charge in [0, 0.05) is 31.6 Å². The lowest BCUT2D eigenvalue weighted by molar-refractivity contribution is -0.146. The van der Waals surface area contributed by atoms with Gasteiger partial charge >= 0.3 is 5.97 Å². The number of hydrogen-bond acceptors (Lipinski definition) is 5. The van der Waals surface area contributed by atoms with Gasteiger partial charge in [0.05, 0.1) is 13.2 Å². The van der Waals surface area contributed by atoms with Gasteiger partial charge in [-0.05, 0) is 31.2 Å². The summed E-state index contributed by atoms with van der Waals surface area (Å²) >= 11 is 0. The third kappa shape index (κ3) is 4.43. The highest BCUT2D eigenvalue weighted by Crippen LogP contribution is 2.42. The number of carbonyl (C=O) groups is 2. The van der Waals surface area contributed by atoms with Crippen molar-refractivity contribution < 1.29 is 19.1 Å². The fraction of sp³-hybridized carbons (Fsp3) is 0.600. The van der Waals surface area contributed by atoms with E-state index in [1.165, 1.54) is 12.5 Å². The summed E-state index contributed by atoms with van der Waals surface area (Å²) in [4.78, 5) is 25.3. The van der Waals surface area contributed by atoms with Crippen LogP contribution in [0.5, 0.6) is 0 Å². The number of morpholine rings is 1. The van der Waals surface area contributed by atoms with Gasteiger partial charge < -0.3 is 14.8 Å². The van der Waals surface area contributed by atoms with E-state index < -0.39 is 5.97 Å². The second kappa shape index (κ2) is 8.64. The van der Waals surface area contributed by atoms with Crippen molar-refractivity contribution in [3.05, 3.63) is 35.9 Å². The van der Waals surface area contributed by atoms with Crippen LogP contribution in [0.1, 0.15) is 38.2 Å². The number of hydrogen-bond donors (Lipinski definition) is 1. The van der Waals surface area contributed by atoms with E-state index in [0.29, 0.717) is 0 Å². The van der Waals surface area contributed by atoms with Gasteiger partial charge in [-0.1, -0.05) is 30.3 Å². The summed E-state index contributed by atoms with van der Waals surface area (Å²) in [5.41, 5.74) is 1.37. The van der Waals surface area contributed by atoms with Gasteiger partial charge in [-0.2, -0.15) is 0 Å². The highest BCUT2D eigenvalue weighted by atomic mass is 16.5. The Balaban J connectivity index is 1.65. The minimum Gasteiger partial charge on any atom is -0.456 e. The van der Waals surface area contributed by atoms with Crippen molar-refractivity contribution in [3.8, 4) is 0 Å². The van der Waals surface area contributed by atoms with Crippen molar-refractivity contribution in [2.24, 2.45) is 0 Å². The number of nitrogens with zero attached hydrogens (tertiary/aromatic N) is 1. The highest BCUT2D eigenvalue weighted by Gasteiger charge is 2.42. The number of esters is 1. The summed E-state index contributed by atoms with van der Waals surface area (Å²) in [7, 11) is 0. The van der Waals surface area contributed by atoms with Gasteiger partial charge in [0.2, 0.25) is 0 Å². The molecule has 2 aliphatic rings. The lowest BCUT2D eigenvalue weighted by atomic mass is 9.73. The zero-order valence-corrected chi connectivity index (χ0v) is 15.4. The molecular weight excluding hydrogens is 332 g/mol. The van der Waals surface area contributed by atoms with Crippen molar-refractivity contribution in [3.63, 3.8) is 0 Å². The number of carbonyl (C=O) groups excluding carboxylic acids is 2. The topological polar surface area (TPSA) is 67.9 Å². The number of nitrogens with one attached hydrogen (secondary N) is 1. The Morgan fingerprint density at radius 3 is 2.46 bits per heavy atom. The Morgan fingerprint density at radius 2 is 1.85 bits per heavy atom. The predicted octanol–water partition coefficient (Wildman–Crippen LogP) is 1.84. The molecule has 1 aromatic rings. The van der Waals surface area contributed by atoms with Crippen LogP contribution in [0.2, 0.25) is 0 Å². The Kier molecular flexibility index (Phi) is 6.27. The first-order chi connectivity index (χ1) is 12.6. The molecule has 0 spiro atoms. The van der Waals surface area contributed by atoms with Crippen LogP contribution in [0.25, 0.3) is 0 Å². The van der Waals surface area contributed by atoms with Crippen molar-refractivity contribution in [2.75, 3.05) is 32.9 Å². The van der Waals surface area contributed by atoms with E-state index >= 15 is 0 Å². The van der Waals surface area contributed by atoms with E-state index in [4.69, 9.17) is 9.47 Å². The van der Waals surface area contributed by atoms with E-state index in [1.54, 1.807) is 0 Å². The second-order valence-corrected chi connectivity index (χ2v) is 7.12. The molecule has 1 saturated heterocycles. The van der Waals surface area contributed by atoms with E-state index in [1.807, 2.05) is 0 Å². The first-order valence-electron chi connectivity index (χ1n) is 9.41. The van der Waals surface area contributed by atoms with Crippen LogP contribution in [-0.2, 0) is 24.6 Å².